The van der Waals surface area contributed by atoms with Crippen LogP contribution in [0.25, 0.3) is 0 Å². The third kappa shape index (κ3) is 3.20. The van der Waals surface area contributed by atoms with Gasteiger partial charge in [0.2, 0.25) is 10.0 Å². The van der Waals surface area contributed by atoms with Crippen LogP contribution in [0.1, 0.15) is 18.5 Å². The van der Waals surface area contributed by atoms with Crippen LogP contribution in [0.2, 0.25) is 0 Å². The molecule has 3 rings (SSSR count). The molecule has 1 aromatic carbocycles. The number of sulfonamides is 1. The standard InChI is InChI=1S/C15H18FN3O2S/c16-13-4-1-5-15(10-13)22(20,21)19-8-2-3-12(11-19)9-14-6-7-17-18-14/h1,4-7,10,12H,2-3,8-9,11H2,(H,17,18)/t12-/m0/s1. The van der Waals surface area contributed by atoms with E-state index in [0.29, 0.717) is 13.1 Å². The zero-order valence-corrected chi connectivity index (χ0v) is 12.9. The maximum absolute atomic E-state index is 13.3. The lowest BCUT2D eigenvalue weighted by molar-refractivity contribution is 0.264. The van der Waals surface area contributed by atoms with Crippen LogP contribution in [-0.4, -0.2) is 36.0 Å². The summed E-state index contributed by atoms with van der Waals surface area (Å²) in [6.07, 6.45) is 4.26. The molecule has 1 saturated heterocycles. The van der Waals surface area contributed by atoms with Gasteiger partial charge in [-0.15, -0.1) is 0 Å². The van der Waals surface area contributed by atoms with Gasteiger partial charge in [0.25, 0.3) is 0 Å². The smallest absolute Gasteiger partial charge is 0.243 e. The molecule has 0 spiro atoms. The first-order valence-electron chi connectivity index (χ1n) is 7.29. The van der Waals surface area contributed by atoms with Crippen molar-refractivity contribution in [1.29, 1.82) is 0 Å². The van der Waals surface area contributed by atoms with Gasteiger partial charge in [0.15, 0.2) is 0 Å². The van der Waals surface area contributed by atoms with Crippen molar-refractivity contribution in [3.05, 3.63) is 48.0 Å². The largest absolute Gasteiger partial charge is 0.283 e. The summed E-state index contributed by atoms with van der Waals surface area (Å²) in [6.45, 7) is 0.941. The Morgan fingerprint density at radius 3 is 2.95 bits per heavy atom. The lowest BCUT2D eigenvalue weighted by Gasteiger charge is -2.31. The summed E-state index contributed by atoms with van der Waals surface area (Å²) in [5.41, 5.74) is 1.01. The number of hydrogen-bond donors (Lipinski definition) is 1. The number of nitrogens with zero attached hydrogens (tertiary/aromatic N) is 2. The Morgan fingerprint density at radius 2 is 2.23 bits per heavy atom. The Kier molecular flexibility index (Phi) is 4.26. The van der Waals surface area contributed by atoms with Crippen LogP contribution in [0.4, 0.5) is 4.39 Å². The van der Waals surface area contributed by atoms with Crippen LogP contribution in [0.5, 0.6) is 0 Å². The lowest BCUT2D eigenvalue weighted by Crippen LogP contribution is -2.40. The monoisotopic (exact) mass is 323 g/mol. The Hall–Kier alpha value is -1.73. The summed E-state index contributed by atoms with van der Waals surface area (Å²) in [5.74, 6) is -0.287. The van der Waals surface area contributed by atoms with E-state index in [1.165, 1.54) is 22.5 Å². The Bertz CT molecular complexity index is 731. The van der Waals surface area contributed by atoms with Gasteiger partial charge in [-0.05, 0) is 49.4 Å². The highest BCUT2D eigenvalue weighted by molar-refractivity contribution is 7.89. The molecule has 2 aromatic rings. The highest BCUT2D eigenvalue weighted by Crippen LogP contribution is 2.25. The van der Waals surface area contributed by atoms with Crippen LogP contribution in [0.3, 0.4) is 0 Å². The molecule has 0 bridgehead atoms. The number of H-pyrrole nitrogens is 1. The zero-order valence-electron chi connectivity index (χ0n) is 12.1. The molecule has 22 heavy (non-hydrogen) atoms. The predicted octanol–water partition coefficient (Wildman–Crippen LogP) is 2.19. The van der Waals surface area contributed by atoms with E-state index in [4.69, 9.17) is 0 Å². The summed E-state index contributed by atoms with van der Waals surface area (Å²) in [6, 6.07) is 7.09. The number of nitrogens with one attached hydrogen (secondary N) is 1. The molecule has 1 fully saturated rings. The lowest BCUT2D eigenvalue weighted by atomic mass is 9.95. The summed E-state index contributed by atoms with van der Waals surface area (Å²) >= 11 is 0. The molecule has 1 aliphatic heterocycles. The van der Waals surface area contributed by atoms with E-state index in [0.717, 1.165) is 31.0 Å². The minimum atomic E-state index is -3.63. The van der Waals surface area contributed by atoms with Gasteiger partial charge < -0.3 is 0 Å². The summed E-state index contributed by atoms with van der Waals surface area (Å²) in [5, 5.41) is 6.82. The highest BCUT2D eigenvalue weighted by Gasteiger charge is 2.30. The van der Waals surface area contributed by atoms with Crippen LogP contribution in [-0.2, 0) is 16.4 Å². The minimum Gasteiger partial charge on any atom is -0.283 e. The van der Waals surface area contributed by atoms with Crippen LogP contribution < -0.4 is 0 Å². The van der Waals surface area contributed by atoms with E-state index in [2.05, 4.69) is 10.2 Å². The first kappa shape index (κ1) is 15.2. The van der Waals surface area contributed by atoms with Gasteiger partial charge in [0, 0.05) is 25.0 Å². The Balaban J connectivity index is 1.76. The van der Waals surface area contributed by atoms with Gasteiger partial charge in [-0.25, -0.2) is 12.8 Å². The van der Waals surface area contributed by atoms with E-state index in [1.807, 2.05) is 6.07 Å². The summed E-state index contributed by atoms with van der Waals surface area (Å²) < 4.78 is 40.0. The fourth-order valence-corrected chi connectivity index (χ4v) is 4.48. The molecule has 7 heteroatoms. The molecule has 0 radical (unpaired) electrons. The molecule has 0 amide bonds. The van der Waals surface area contributed by atoms with Crippen molar-refractivity contribution >= 4 is 10.0 Å². The maximum Gasteiger partial charge on any atom is 0.243 e. The molecular formula is C15H18FN3O2S. The topological polar surface area (TPSA) is 66.1 Å². The molecule has 0 aliphatic carbocycles. The molecule has 1 atom stereocenters. The van der Waals surface area contributed by atoms with E-state index in [-0.39, 0.29) is 10.8 Å². The first-order valence-corrected chi connectivity index (χ1v) is 8.74. The van der Waals surface area contributed by atoms with Crippen molar-refractivity contribution in [3.8, 4) is 0 Å². The SMILES string of the molecule is O=S(=O)(c1cccc(F)c1)N1CCC[C@@H](Cc2ccn[nH]2)C1. The van der Waals surface area contributed by atoms with E-state index < -0.39 is 15.8 Å². The van der Waals surface area contributed by atoms with Gasteiger partial charge in [0.1, 0.15) is 5.82 Å². The van der Waals surface area contributed by atoms with Gasteiger partial charge in [0.05, 0.1) is 4.90 Å². The normalized spacial score (nSPS) is 20.1. The highest BCUT2D eigenvalue weighted by atomic mass is 32.2. The molecule has 5 nitrogen and oxygen atoms in total. The van der Waals surface area contributed by atoms with Crippen LogP contribution in [0.15, 0.2) is 41.4 Å². The fraction of sp³-hybridized carbons (Fsp3) is 0.400. The quantitative estimate of drug-likeness (QED) is 0.938. The van der Waals surface area contributed by atoms with Crippen molar-refractivity contribution in [1.82, 2.24) is 14.5 Å². The number of rotatable bonds is 4. The third-order valence-corrected chi connectivity index (χ3v) is 5.84. The van der Waals surface area contributed by atoms with Crippen molar-refractivity contribution in [2.75, 3.05) is 13.1 Å². The first-order chi connectivity index (χ1) is 10.6. The number of benzene rings is 1. The third-order valence-electron chi connectivity index (χ3n) is 3.98. The number of piperidine rings is 1. The molecule has 1 aliphatic rings. The van der Waals surface area contributed by atoms with Crippen LogP contribution in [0, 0.1) is 11.7 Å². The second-order valence-corrected chi connectivity index (χ2v) is 7.55. The van der Waals surface area contributed by atoms with Crippen molar-refractivity contribution in [2.24, 2.45) is 5.92 Å². The number of hydrogen-bond acceptors (Lipinski definition) is 3. The average molecular weight is 323 g/mol. The van der Waals surface area contributed by atoms with E-state index >= 15 is 0 Å². The van der Waals surface area contributed by atoms with Crippen molar-refractivity contribution < 1.29 is 12.8 Å². The van der Waals surface area contributed by atoms with Crippen molar-refractivity contribution in [2.45, 2.75) is 24.2 Å². The van der Waals surface area contributed by atoms with Crippen LogP contribution >= 0.6 is 0 Å². The predicted molar refractivity (Wildman–Crippen MR) is 80.2 cm³/mol. The maximum atomic E-state index is 13.3. The number of aromatic nitrogens is 2. The Morgan fingerprint density at radius 1 is 1.36 bits per heavy atom. The zero-order chi connectivity index (χ0) is 15.6. The molecular weight excluding hydrogens is 305 g/mol. The molecule has 2 heterocycles. The number of halogens is 1. The second kappa shape index (κ2) is 6.18. The van der Waals surface area contributed by atoms with Gasteiger partial charge in [-0.1, -0.05) is 6.07 Å². The van der Waals surface area contributed by atoms with Gasteiger partial charge in [-0.3, -0.25) is 5.10 Å². The Labute approximate surface area is 129 Å². The van der Waals surface area contributed by atoms with Crippen molar-refractivity contribution in [3.63, 3.8) is 0 Å². The van der Waals surface area contributed by atoms with E-state index in [9.17, 15) is 12.8 Å². The summed E-state index contributed by atoms with van der Waals surface area (Å²) in [4.78, 5) is 0.0229. The average Bonchev–Trinajstić information content (AvgIpc) is 3.00. The second-order valence-electron chi connectivity index (χ2n) is 5.61. The van der Waals surface area contributed by atoms with Gasteiger partial charge in [-0.2, -0.15) is 9.40 Å². The fourth-order valence-electron chi connectivity index (χ4n) is 2.90. The summed E-state index contributed by atoms with van der Waals surface area (Å²) in [7, 11) is -3.63. The molecule has 118 valence electrons. The minimum absolute atomic E-state index is 0.0229. The molecule has 1 N–H and O–H groups in total. The molecule has 0 unspecified atom stereocenters. The van der Waals surface area contributed by atoms with E-state index in [1.54, 1.807) is 6.20 Å². The molecule has 0 saturated carbocycles. The number of aromatic amines is 1. The van der Waals surface area contributed by atoms with Gasteiger partial charge >= 0.3 is 0 Å². The molecule has 1 aromatic heterocycles.